The van der Waals surface area contributed by atoms with Gasteiger partial charge >= 0.3 is 0 Å². The SMILES string of the molecule is Nc1c(NC2CCCOC2)nc[nH]c1=O. The lowest BCUT2D eigenvalue weighted by Crippen LogP contribution is -2.31. The summed E-state index contributed by atoms with van der Waals surface area (Å²) in [5.74, 6) is 0.439. The quantitative estimate of drug-likeness (QED) is 0.636. The topological polar surface area (TPSA) is 93.0 Å². The summed E-state index contributed by atoms with van der Waals surface area (Å²) in [6.07, 6.45) is 3.36. The predicted molar refractivity (Wildman–Crippen MR) is 56.7 cm³/mol. The first-order chi connectivity index (χ1) is 7.27. The molecule has 15 heavy (non-hydrogen) atoms. The van der Waals surface area contributed by atoms with Gasteiger partial charge in [-0.25, -0.2) is 4.98 Å². The smallest absolute Gasteiger partial charge is 0.276 e. The Morgan fingerprint density at radius 3 is 3.27 bits per heavy atom. The molecule has 4 N–H and O–H groups in total. The van der Waals surface area contributed by atoms with Crippen molar-refractivity contribution in [2.75, 3.05) is 24.3 Å². The fourth-order valence-electron chi connectivity index (χ4n) is 1.57. The van der Waals surface area contributed by atoms with Crippen LogP contribution < -0.4 is 16.6 Å². The van der Waals surface area contributed by atoms with E-state index in [2.05, 4.69) is 15.3 Å². The number of aromatic nitrogens is 2. The molecule has 0 spiro atoms. The third-order valence-electron chi connectivity index (χ3n) is 2.39. The summed E-state index contributed by atoms with van der Waals surface area (Å²) in [7, 11) is 0. The zero-order valence-electron chi connectivity index (χ0n) is 8.32. The highest BCUT2D eigenvalue weighted by atomic mass is 16.5. The highest BCUT2D eigenvalue weighted by Crippen LogP contribution is 2.14. The van der Waals surface area contributed by atoms with Crippen LogP contribution in [0.5, 0.6) is 0 Å². The molecule has 6 nitrogen and oxygen atoms in total. The summed E-state index contributed by atoms with van der Waals surface area (Å²) in [4.78, 5) is 17.6. The average Bonchev–Trinajstić information content (AvgIpc) is 2.26. The summed E-state index contributed by atoms with van der Waals surface area (Å²) in [6.45, 7) is 1.43. The summed E-state index contributed by atoms with van der Waals surface area (Å²) < 4.78 is 5.31. The zero-order valence-corrected chi connectivity index (χ0v) is 8.32. The molecule has 0 aliphatic carbocycles. The Bertz CT molecular complexity index is 384. The Morgan fingerprint density at radius 2 is 2.53 bits per heavy atom. The first kappa shape index (κ1) is 9.97. The molecule has 0 saturated carbocycles. The minimum Gasteiger partial charge on any atom is -0.391 e. The Balaban J connectivity index is 2.09. The van der Waals surface area contributed by atoms with Crippen molar-refractivity contribution in [2.24, 2.45) is 0 Å². The first-order valence-electron chi connectivity index (χ1n) is 4.95. The van der Waals surface area contributed by atoms with Crippen LogP contribution >= 0.6 is 0 Å². The Kier molecular flexibility index (Phi) is 2.86. The Labute approximate surface area is 86.9 Å². The number of H-pyrrole nitrogens is 1. The van der Waals surface area contributed by atoms with Crippen LogP contribution in [0.15, 0.2) is 11.1 Å². The lowest BCUT2D eigenvalue weighted by molar-refractivity contribution is 0.0875. The van der Waals surface area contributed by atoms with Crippen LogP contribution in [0.3, 0.4) is 0 Å². The molecule has 6 heteroatoms. The maximum atomic E-state index is 11.2. The second-order valence-corrected chi connectivity index (χ2v) is 3.55. The number of hydrogen-bond acceptors (Lipinski definition) is 5. The molecular weight excluding hydrogens is 196 g/mol. The van der Waals surface area contributed by atoms with Crippen molar-refractivity contribution < 1.29 is 4.74 Å². The third kappa shape index (κ3) is 2.27. The van der Waals surface area contributed by atoms with Crippen LogP contribution in [0.2, 0.25) is 0 Å². The van der Waals surface area contributed by atoms with E-state index < -0.39 is 0 Å². The maximum Gasteiger partial charge on any atom is 0.276 e. The molecule has 82 valence electrons. The molecule has 0 aromatic carbocycles. The largest absolute Gasteiger partial charge is 0.391 e. The van der Waals surface area contributed by atoms with Gasteiger partial charge in [-0.05, 0) is 12.8 Å². The van der Waals surface area contributed by atoms with Gasteiger partial charge in [-0.15, -0.1) is 0 Å². The van der Waals surface area contributed by atoms with Crippen molar-refractivity contribution in [1.82, 2.24) is 9.97 Å². The number of hydrogen-bond donors (Lipinski definition) is 3. The maximum absolute atomic E-state index is 11.2. The number of ether oxygens (including phenoxy) is 1. The van der Waals surface area contributed by atoms with Crippen molar-refractivity contribution in [1.29, 1.82) is 0 Å². The lowest BCUT2D eigenvalue weighted by Gasteiger charge is -2.23. The molecule has 1 aromatic heterocycles. The van der Waals surface area contributed by atoms with Crippen LogP contribution in [-0.4, -0.2) is 29.2 Å². The molecule has 1 aromatic rings. The Hall–Kier alpha value is -1.56. The van der Waals surface area contributed by atoms with E-state index in [1.165, 1.54) is 6.33 Å². The van der Waals surface area contributed by atoms with Gasteiger partial charge in [0.1, 0.15) is 5.69 Å². The molecule has 2 rings (SSSR count). The number of rotatable bonds is 2. The van der Waals surface area contributed by atoms with Crippen molar-refractivity contribution in [3.63, 3.8) is 0 Å². The molecule has 1 aliphatic rings. The first-order valence-corrected chi connectivity index (χ1v) is 4.95. The number of anilines is 2. The van der Waals surface area contributed by atoms with Crippen molar-refractivity contribution in [3.8, 4) is 0 Å². The van der Waals surface area contributed by atoms with Crippen molar-refractivity contribution in [3.05, 3.63) is 16.7 Å². The summed E-state index contributed by atoms with van der Waals surface area (Å²) in [5, 5.41) is 3.11. The fraction of sp³-hybridized carbons (Fsp3) is 0.556. The predicted octanol–water partition coefficient (Wildman–Crippen LogP) is -0.0570. The molecule has 0 radical (unpaired) electrons. The van der Waals surface area contributed by atoms with Gasteiger partial charge in [0, 0.05) is 6.61 Å². The molecule has 0 bridgehead atoms. The van der Waals surface area contributed by atoms with E-state index in [4.69, 9.17) is 10.5 Å². The van der Waals surface area contributed by atoms with Gasteiger partial charge in [-0.3, -0.25) is 4.79 Å². The van der Waals surface area contributed by atoms with E-state index in [0.29, 0.717) is 12.4 Å². The average molecular weight is 210 g/mol. The van der Waals surface area contributed by atoms with E-state index in [1.807, 2.05) is 0 Å². The molecule has 1 saturated heterocycles. The van der Waals surface area contributed by atoms with E-state index in [-0.39, 0.29) is 17.3 Å². The minimum atomic E-state index is -0.316. The molecule has 1 fully saturated rings. The number of nitrogens with zero attached hydrogens (tertiary/aromatic N) is 1. The van der Waals surface area contributed by atoms with Gasteiger partial charge in [-0.2, -0.15) is 0 Å². The normalized spacial score (nSPS) is 21.2. The monoisotopic (exact) mass is 210 g/mol. The van der Waals surface area contributed by atoms with Gasteiger partial charge in [0.25, 0.3) is 5.56 Å². The van der Waals surface area contributed by atoms with Crippen molar-refractivity contribution >= 4 is 11.5 Å². The standard InChI is InChI=1S/C9H14N4O2/c10-7-8(11-5-12-9(7)14)13-6-2-1-3-15-4-6/h5-6H,1-4,10H2,(H2,11,12,13,14). The van der Waals surface area contributed by atoms with Crippen LogP contribution in [-0.2, 0) is 4.74 Å². The van der Waals surface area contributed by atoms with E-state index >= 15 is 0 Å². The minimum absolute atomic E-state index is 0.128. The summed E-state index contributed by atoms with van der Waals surface area (Å²) in [5.41, 5.74) is 5.40. The molecule has 0 amide bonds. The second-order valence-electron chi connectivity index (χ2n) is 3.55. The Morgan fingerprint density at radius 1 is 1.67 bits per heavy atom. The fourth-order valence-corrected chi connectivity index (χ4v) is 1.57. The number of nitrogen functional groups attached to an aromatic ring is 1. The zero-order chi connectivity index (χ0) is 10.7. The molecule has 1 unspecified atom stereocenters. The van der Waals surface area contributed by atoms with E-state index in [0.717, 1.165) is 19.4 Å². The molecule has 2 heterocycles. The summed E-state index contributed by atoms with van der Waals surface area (Å²) >= 11 is 0. The third-order valence-corrected chi connectivity index (χ3v) is 2.39. The molecular formula is C9H14N4O2. The van der Waals surface area contributed by atoms with Gasteiger partial charge in [0.15, 0.2) is 5.82 Å². The van der Waals surface area contributed by atoms with Gasteiger partial charge < -0.3 is 20.8 Å². The highest BCUT2D eigenvalue weighted by Gasteiger charge is 2.15. The van der Waals surface area contributed by atoms with E-state index in [9.17, 15) is 4.79 Å². The lowest BCUT2D eigenvalue weighted by atomic mass is 10.1. The summed E-state index contributed by atoms with van der Waals surface area (Å²) in [6, 6.07) is 0.190. The highest BCUT2D eigenvalue weighted by molar-refractivity contribution is 5.59. The van der Waals surface area contributed by atoms with E-state index in [1.54, 1.807) is 0 Å². The van der Waals surface area contributed by atoms with Crippen LogP contribution in [0, 0.1) is 0 Å². The van der Waals surface area contributed by atoms with Crippen LogP contribution in [0.4, 0.5) is 11.5 Å². The second kappa shape index (κ2) is 4.31. The van der Waals surface area contributed by atoms with Gasteiger partial charge in [-0.1, -0.05) is 0 Å². The van der Waals surface area contributed by atoms with Gasteiger partial charge in [0.2, 0.25) is 0 Å². The number of aromatic amines is 1. The van der Waals surface area contributed by atoms with Crippen LogP contribution in [0.1, 0.15) is 12.8 Å². The van der Waals surface area contributed by atoms with Crippen LogP contribution in [0.25, 0.3) is 0 Å². The van der Waals surface area contributed by atoms with Crippen molar-refractivity contribution in [2.45, 2.75) is 18.9 Å². The number of nitrogens with two attached hydrogens (primary N) is 1. The molecule has 1 aliphatic heterocycles. The number of nitrogens with one attached hydrogen (secondary N) is 2. The van der Waals surface area contributed by atoms with Gasteiger partial charge in [0.05, 0.1) is 19.0 Å². The molecule has 1 atom stereocenters.